The van der Waals surface area contributed by atoms with Gasteiger partial charge in [0.25, 0.3) is 5.91 Å². The van der Waals surface area contributed by atoms with Crippen LogP contribution in [0.1, 0.15) is 16.7 Å². The van der Waals surface area contributed by atoms with Crippen LogP contribution in [0.15, 0.2) is 66.7 Å². The molecule has 2 aliphatic heterocycles. The second-order valence-corrected chi connectivity index (χ2v) is 10.0. The Kier molecular flexibility index (Phi) is 5.91. The number of carbonyl (C=O) groups excluding carboxylic acids is 2. The molecule has 0 aromatic heterocycles. The van der Waals surface area contributed by atoms with E-state index in [-0.39, 0.29) is 11.9 Å². The number of hydrogen-bond acceptors (Lipinski definition) is 4. The molecule has 2 aliphatic rings. The highest BCUT2D eigenvalue weighted by atomic mass is 35.5. The monoisotopic (exact) mass is 493 g/mol. The molecule has 34 heavy (non-hydrogen) atoms. The van der Waals surface area contributed by atoms with Crippen molar-refractivity contribution in [2.24, 2.45) is 0 Å². The molecule has 1 spiro atoms. The highest BCUT2D eigenvalue weighted by Crippen LogP contribution is 2.55. The van der Waals surface area contributed by atoms with Gasteiger partial charge in [0.15, 0.2) is 4.87 Å². The summed E-state index contributed by atoms with van der Waals surface area (Å²) in [5, 5.41) is 3.56. The molecule has 0 bridgehead atoms. The number of urea groups is 1. The highest BCUT2D eigenvalue weighted by molar-refractivity contribution is 8.01. The molecule has 3 amide bonds. The number of rotatable bonds is 4. The van der Waals surface area contributed by atoms with Gasteiger partial charge in [0.2, 0.25) is 0 Å². The van der Waals surface area contributed by atoms with Gasteiger partial charge in [0.1, 0.15) is 5.75 Å². The smallest absolute Gasteiger partial charge is 0.323 e. The van der Waals surface area contributed by atoms with Crippen molar-refractivity contribution in [3.05, 3.63) is 88.4 Å². The highest BCUT2D eigenvalue weighted by Gasteiger charge is 2.59. The van der Waals surface area contributed by atoms with Crippen molar-refractivity contribution in [2.45, 2.75) is 18.3 Å². The molecule has 0 unspecified atom stereocenters. The minimum Gasteiger partial charge on any atom is -0.497 e. The summed E-state index contributed by atoms with van der Waals surface area (Å²) < 4.78 is 5.47. The number of anilines is 2. The van der Waals surface area contributed by atoms with Gasteiger partial charge < -0.3 is 15.0 Å². The van der Waals surface area contributed by atoms with Gasteiger partial charge in [-0.3, -0.25) is 9.69 Å². The average molecular weight is 494 g/mol. The van der Waals surface area contributed by atoms with Gasteiger partial charge in [-0.25, -0.2) is 4.79 Å². The number of nitrogens with zero attached hydrogens (tertiary/aromatic N) is 2. The van der Waals surface area contributed by atoms with Crippen LogP contribution in [0.25, 0.3) is 0 Å². The standard InChI is InChI=1S/C26H24ClN3O3S/c1-17-7-9-19(10-8-17)28-25(32)30-13-14-34-26(30)21-15-20(33-2)11-12-23(21)29(24(26)31)16-18-5-3-4-6-22(18)27/h3-12,15H,13-14,16H2,1-2H3,(H,28,32)/t26-/m1/s1. The van der Waals surface area contributed by atoms with Gasteiger partial charge in [-0.1, -0.05) is 47.5 Å². The first kappa shape index (κ1) is 22.6. The van der Waals surface area contributed by atoms with Gasteiger partial charge in [-0.15, -0.1) is 11.8 Å². The van der Waals surface area contributed by atoms with Crippen LogP contribution in [0.3, 0.4) is 0 Å². The number of hydrogen-bond donors (Lipinski definition) is 1. The molecule has 3 aromatic rings. The first-order valence-electron chi connectivity index (χ1n) is 11.0. The fourth-order valence-electron chi connectivity index (χ4n) is 4.50. The van der Waals surface area contributed by atoms with E-state index in [2.05, 4.69) is 5.32 Å². The molecular formula is C26H24ClN3O3S. The Morgan fingerprint density at radius 2 is 1.91 bits per heavy atom. The average Bonchev–Trinajstić information content (AvgIpc) is 3.39. The topological polar surface area (TPSA) is 61.9 Å². The van der Waals surface area contributed by atoms with E-state index in [1.165, 1.54) is 11.8 Å². The van der Waals surface area contributed by atoms with Gasteiger partial charge in [-0.05, 0) is 48.9 Å². The van der Waals surface area contributed by atoms with E-state index in [4.69, 9.17) is 16.3 Å². The third kappa shape index (κ3) is 3.69. The maximum Gasteiger partial charge on any atom is 0.323 e. The van der Waals surface area contributed by atoms with Crippen molar-refractivity contribution < 1.29 is 14.3 Å². The van der Waals surface area contributed by atoms with Crippen LogP contribution in [0.4, 0.5) is 16.2 Å². The third-order valence-corrected chi connectivity index (χ3v) is 8.02. The number of carbonyl (C=O) groups is 2. The summed E-state index contributed by atoms with van der Waals surface area (Å²) in [5.41, 5.74) is 4.15. The Hall–Kier alpha value is -3.16. The predicted octanol–water partition coefficient (Wildman–Crippen LogP) is 5.64. The second kappa shape index (κ2) is 8.89. The van der Waals surface area contributed by atoms with Crippen LogP contribution >= 0.6 is 23.4 Å². The fraction of sp³-hybridized carbons (Fsp3) is 0.231. The van der Waals surface area contributed by atoms with Crippen molar-refractivity contribution in [2.75, 3.05) is 29.6 Å². The van der Waals surface area contributed by atoms with Crippen molar-refractivity contribution in [3.63, 3.8) is 0 Å². The molecule has 174 valence electrons. The lowest BCUT2D eigenvalue weighted by molar-refractivity contribution is -0.123. The molecule has 3 aromatic carbocycles. The van der Waals surface area contributed by atoms with Gasteiger partial charge in [0, 0.05) is 28.6 Å². The lowest BCUT2D eigenvalue weighted by atomic mass is 10.1. The summed E-state index contributed by atoms with van der Waals surface area (Å²) in [6, 6.07) is 20.4. The number of methoxy groups -OCH3 is 1. The van der Waals surface area contributed by atoms with Crippen LogP contribution in [0, 0.1) is 6.92 Å². The van der Waals surface area contributed by atoms with Gasteiger partial charge >= 0.3 is 6.03 Å². The number of fused-ring (bicyclic) bond motifs is 2. The summed E-state index contributed by atoms with van der Waals surface area (Å²) in [6.07, 6.45) is 0. The Morgan fingerprint density at radius 3 is 2.65 bits per heavy atom. The zero-order valence-corrected chi connectivity index (χ0v) is 20.4. The molecule has 0 aliphatic carbocycles. The van der Waals surface area contributed by atoms with E-state index >= 15 is 0 Å². The molecule has 8 heteroatoms. The summed E-state index contributed by atoms with van der Waals surface area (Å²) in [7, 11) is 1.59. The van der Waals surface area contributed by atoms with E-state index in [0.717, 1.165) is 22.4 Å². The van der Waals surface area contributed by atoms with E-state index in [0.29, 0.717) is 35.3 Å². The predicted molar refractivity (Wildman–Crippen MR) is 137 cm³/mol. The normalized spacial score (nSPS) is 19.0. The van der Waals surface area contributed by atoms with E-state index < -0.39 is 4.87 Å². The van der Waals surface area contributed by atoms with Gasteiger partial charge in [-0.2, -0.15) is 0 Å². The van der Waals surface area contributed by atoms with Crippen LogP contribution < -0.4 is 15.0 Å². The minimum absolute atomic E-state index is 0.155. The second-order valence-electron chi connectivity index (χ2n) is 8.31. The summed E-state index contributed by atoms with van der Waals surface area (Å²) in [6.45, 7) is 2.76. The zero-order valence-electron chi connectivity index (χ0n) is 18.9. The first-order chi connectivity index (χ1) is 16.4. The van der Waals surface area contributed by atoms with Gasteiger partial charge in [0.05, 0.1) is 19.3 Å². The molecule has 6 nitrogen and oxygen atoms in total. The number of halogens is 1. The minimum atomic E-state index is -1.17. The van der Waals surface area contributed by atoms with Crippen LogP contribution in [0.5, 0.6) is 5.75 Å². The number of benzene rings is 3. The Bertz CT molecular complexity index is 1270. The zero-order chi connectivity index (χ0) is 23.9. The largest absolute Gasteiger partial charge is 0.497 e. The maximum atomic E-state index is 14.1. The van der Waals surface area contributed by atoms with Crippen LogP contribution in [-0.2, 0) is 16.2 Å². The Balaban J connectivity index is 1.55. The Labute approximate surface area is 207 Å². The number of amides is 3. The number of aryl methyl sites for hydroxylation is 1. The molecule has 1 saturated heterocycles. The molecule has 5 rings (SSSR count). The number of ether oxygens (including phenoxy) is 1. The maximum absolute atomic E-state index is 14.1. The summed E-state index contributed by atoms with van der Waals surface area (Å²) in [5.74, 6) is 1.12. The van der Waals surface area contributed by atoms with E-state index in [1.807, 2.05) is 73.7 Å². The molecule has 1 fully saturated rings. The van der Waals surface area contributed by atoms with Crippen molar-refractivity contribution in [3.8, 4) is 5.75 Å². The lowest BCUT2D eigenvalue weighted by Gasteiger charge is -2.33. The quantitative estimate of drug-likeness (QED) is 0.511. The van der Waals surface area contributed by atoms with E-state index in [9.17, 15) is 9.59 Å². The molecule has 1 atom stereocenters. The van der Waals surface area contributed by atoms with Crippen molar-refractivity contribution >= 4 is 46.7 Å². The van der Waals surface area contributed by atoms with Crippen molar-refractivity contribution in [1.29, 1.82) is 0 Å². The Morgan fingerprint density at radius 1 is 1.15 bits per heavy atom. The molecule has 0 saturated carbocycles. The summed E-state index contributed by atoms with van der Waals surface area (Å²) >= 11 is 7.89. The molecular weight excluding hydrogens is 470 g/mol. The lowest BCUT2D eigenvalue weighted by Crippen LogP contribution is -2.51. The van der Waals surface area contributed by atoms with Crippen LogP contribution in [-0.4, -0.2) is 36.2 Å². The molecule has 2 heterocycles. The first-order valence-corrected chi connectivity index (χ1v) is 12.3. The molecule has 0 radical (unpaired) electrons. The fourth-order valence-corrected chi connectivity index (χ4v) is 6.15. The van der Waals surface area contributed by atoms with Crippen molar-refractivity contribution in [1.82, 2.24) is 4.90 Å². The third-order valence-electron chi connectivity index (χ3n) is 6.23. The van der Waals surface area contributed by atoms with Crippen LogP contribution in [0.2, 0.25) is 5.02 Å². The summed E-state index contributed by atoms with van der Waals surface area (Å²) in [4.78, 5) is 29.8. The SMILES string of the molecule is COc1ccc2c(c1)[C@@]1(SCCN1C(=O)Nc1ccc(C)cc1)C(=O)N2Cc1ccccc1Cl. The molecule has 1 N–H and O–H groups in total. The number of thioether (sulfide) groups is 1. The number of nitrogens with one attached hydrogen (secondary N) is 1. The van der Waals surface area contributed by atoms with E-state index in [1.54, 1.807) is 16.9 Å².